The zero-order valence-corrected chi connectivity index (χ0v) is 19.0. The van der Waals surface area contributed by atoms with Gasteiger partial charge in [-0.3, -0.25) is 9.91 Å². The molecule has 3 aromatic carbocycles. The van der Waals surface area contributed by atoms with E-state index in [9.17, 15) is 0 Å². The first kappa shape index (κ1) is 22.2. The van der Waals surface area contributed by atoms with Crippen LogP contribution in [0, 0.1) is 0 Å². The minimum Gasteiger partial charge on any atom is -0.493 e. The largest absolute Gasteiger partial charge is 0.493 e. The Morgan fingerprint density at radius 3 is 2.41 bits per heavy atom. The molecule has 3 aromatic rings. The van der Waals surface area contributed by atoms with E-state index < -0.39 is 0 Å². The summed E-state index contributed by atoms with van der Waals surface area (Å²) in [6, 6.07) is 24.0. The third-order valence-electron chi connectivity index (χ3n) is 5.50. The van der Waals surface area contributed by atoms with Crippen molar-refractivity contribution in [3.8, 4) is 11.5 Å². The Morgan fingerprint density at radius 2 is 1.66 bits per heavy atom. The summed E-state index contributed by atoms with van der Waals surface area (Å²) in [5.74, 6) is 1.43. The first-order valence-corrected chi connectivity index (χ1v) is 11.2. The van der Waals surface area contributed by atoms with E-state index in [4.69, 9.17) is 21.1 Å². The van der Waals surface area contributed by atoms with Gasteiger partial charge in [0.15, 0.2) is 11.5 Å². The molecule has 0 amide bonds. The van der Waals surface area contributed by atoms with Crippen molar-refractivity contribution in [2.45, 2.75) is 13.2 Å². The van der Waals surface area contributed by atoms with E-state index in [-0.39, 0.29) is 0 Å². The third kappa shape index (κ3) is 6.02. The van der Waals surface area contributed by atoms with Crippen LogP contribution < -0.4 is 9.47 Å². The molecule has 0 unspecified atom stereocenters. The molecule has 0 spiro atoms. The van der Waals surface area contributed by atoms with Crippen molar-refractivity contribution in [3.05, 3.63) is 94.5 Å². The number of halogens is 1. The van der Waals surface area contributed by atoms with Crippen LogP contribution >= 0.6 is 11.6 Å². The van der Waals surface area contributed by atoms with Crippen LogP contribution in [-0.2, 0) is 13.2 Å². The Balaban J connectivity index is 1.32. The third-order valence-corrected chi connectivity index (χ3v) is 5.86. The van der Waals surface area contributed by atoms with Gasteiger partial charge in [0, 0.05) is 37.7 Å². The number of methoxy groups -OCH3 is 1. The first-order chi connectivity index (χ1) is 15.7. The molecule has 1 aliphatic rings. The summed E-state index contributed by atoms with van der Waals surface area (Å²) >= 11 is 6.30. The minimum absolute atomic E-state index is 0.491. The van der Waals surface area contributed by atoms with Gasteiger partial charge in [-0.2, -0.15) is 5.10 Å². The highest BCUT2D eigenvalue weighted by Crippen LogP contribution is 2.28. The SMILES string of the molecule is COc1ccc(/C=N\N2CCN(Cc3ccccc3Cl)CC2)cc1OCc1ccccc1. The summed E-state index contributed by atoms with van der Waals surface area (Å²) in [4.78, 5) is 2.41. The monoisotopic (exact) mass is 449 g/mol. The summed E-state index contributed by atoms with van der Waals surface area (Å²) in [7, 11) is 1.65. The van der Waals surface area contributed by atoms with Gasteiger partial charge < -0.3 is 9.47 Å². The van der Waals surface area contributed by atoms with Gasteiger partial charge in [-0.25, -0.2) is 0 Å². The summed E-state index contributed by atoms with van der Waals surface area (Å²) in [6.45, 7) is 5.04. The summed E-state index contributed by atoms with van der Waals surface area (Å²) in [5, 5.41) is 7.63. The maximum atomic E-state index is 6.30. The molecular weight excluding hydrogens is 422 g/mol. The molecule has 1 heterocycles. The van der Waals surface area contributed by atoms with Crippen LogP contribution in [-0.4, -0.2) is 49.4 Å². The van der Waals surface area contributed by atoms with Crippen LogP contribution in [0.3, 0.4) is 0 Å². The van der Waals surface area contributed by atoms with Crippen LogP contribution in [0.2, 0.25) is 5.02 Å². The lowest BCUT2D eigenvalue weighted by molar-refractivity contribution is 0.131. The van der Waals surface area contributed by atoms with Crippen LogP contribution in [0.15, 0.2) is 77.9 Å². The quantitative estimate of drug-likeness (QED) is 0.449. The van der Waals surface area contributed by atoms with Crippen molar-refractivity contribution in [1.29, 1.82) is 0 Å². The van der Waals surface area contributed by atoms with E-state index in [0.29, 0.717) is 18.1 Å². The molecule has 4 rings (SSSR count). The number of hydrazone groups is 1. The maximum Gasteiger partial charge on any atom is 0.162 e. The molecule has 1 fully saturated rings. The van der Waals surface area contributed by atoms with Gasteiger partial charge in [-0.05, 0) is 41.0 Å². The van der Waals surface area contributed by atoms with Gasteiger partial charge in [0.2, 0.25) is 0 Å². The standard InChI is InChI=1S/C26H28ClN3O2/c1-31-25-12-11-22(17-26(25)32-20-21-7-3-2-4-8-21)18-28-30-15-13-29(14-16-30)19-23-9-5-6-10-24(23)27/h2-12,17-18H,13-16,19-20H2,1H3/b28-18-. The molecular formula is C26H28ClN3O2. The Labute approximate surface area is 194 Å². The van der Waals surface area contributed by atoms with Crippen molar-refractivity contribution < 1.29 is 9.47 Å². The zero-order valence-electron chi connectivity index (χ0n) is 18.3. The highest BCUT2D eigenvalue weighted by molar-refractivity contribution is 6.31. The lowest BCUT2D eigenvalue weighted by Crippen LogP contribution is -2.43. The highest BCUT2D eigenvalue weighted by Gasteiger charge is 2.16. The van der Waals surface area contributed by atoms with Crippen LogP contribution in [0.25, 0.3) is 0 Å². The Morgan fingerprint density at radius 1 is 0.906 bits per heavy atom. The molecule has 0 aromatic heterocycles. The van der Waals surface area contributed by atoms with E-state index in [1.807, 2.05) is 72.9 Å². The van der Waals surface area contributed by atoms with E-state index in [0.717, 1.165) is 48.9 Å². The molecule has 6 heteroatoms. The molecule has 32 heavy (non-hydrogen) atoms. The second-order valence-corrected chi connectivity index (χ2v) is 8.16. The lowest BCUT2D eigenvalue weighted by atomic mass is 10.2. The normalized spacial score (nSPS) is 14.6. The van der Waals surface area contributed by atoms with Gasteiger partial charge in [0.25, 0.3) is 0 Å². The predicted octanol–water partition coefficient (Wildman–Crippen LogP) is 5.08. The van der Waals surface area contributed by atoms with Gasteiger partial charge in [-0.1, -0.05) is 60.1 Å². The van der Waals surface area contributed by atoms with Gasteiger partial charge in [-0.15, -0.1) is 0 Å². The summed E-state index contributed by atoms with van der Waals surface area (Å²) < 4.78 is 11.5. The van der Waals surface area contributed by atoms with Crippen molar-refractivity contribution >= 4 is 17.8 Å². The number of piperazine rings is 1. The Bertz CT molecular complexity index is 1030. The van der Waals surface area contributed by atoms with Gasteiger partial charge in [0.1, 0.15) is 6.61 Å². The molecule has 5 nitrogen and oxygen atoms in total. The van der Waals surface area contributed by atoms with Crippen LogP contribution in [0.5, 0.6) is 11.5 Å². The number of ether oxygens (including phenoxy) is 2. The topological polar surface area (TPSA) is 37.3 Å². The number of nitrogens with zero attached hydrogens (tertiary/aromatic N) is 3. The number of benzene rings is 3. The van der Waals surface area contributed by atoms with E-state index >= 15 is 0 Å². The molecule has 0 N–H and O–H groups in total. The predicted molar refractivity (Wildman–Crippen MR) is 130 cm³/mol. The minimum atomic E-state index is 0.491. The van der Waals surface area contributed by atoms with Gasteiger partial charge in [0.05, 0.1) is 13.3 Å². The van der Waals surface area contributed by atoms with E-state index in [1.165, 1.54) is 5.56 Å². The van der Waals surface area contributed by atoms with Crippen molar-refractivity contribution in [1.82, 2.24) is 9.91 Å². The lowest BCUT2D eigenvalue weighted by Gasteiger charge is -2.33. The average Bonchev–Trinajstić information content (AvgIpc) is 2.84. The van der Waals surface area contributed by atoms with E-state index in [1.54, 1.807) is 7.11 Å². The highest BCUT2D eigenvalue weighted by atomic mass is 35.5. The maximum absolute atomic E-state index is 6.30. The Kier molecular flexibility index (Phi) is 7.64. The summed E-state index contributed by atoms with van der Waals surface area (Å²) in [5.41, 5.74) is 3.27. The second-order valence-electron chi connectivity index (χ2n) is 7.75. The molecule has 0 atom stereocenters. The van der Waals surface area contributed by atoms with Crippen molar-refractivity contribution in [2.24, 2.45) is 5.10 Å². The van der Waals surface area contributed by atoms with Crippen LogP contribution in [0.1, 0.15) is 16.7 Å². The van der Waals surface area contributed by atoms with E-state index in [2.05, 4.69) is 21.1 Å². The average molecular weight is 450 g/mol. The smallest absolute Gasteiger partial charge is 0.162 e. The molecule has 0 saturated carbocycles. The fourth-order valence-electron chi connectivity index (χ4n) is 3.65. The van der Waals surface area contributed by atoms with Crippen molar-refractivity contribution in [2.75, 3.05) is 33.3 Å². The second kappa shape index (κ2) is 11.0. The molecule has 0 aliphatic carbocycles. The van der Waals surface area contributed by atoms with Crippen molar-refractivity contribution in [3.63, 3.8) is 0 Å². The number of hydrogen-bond donors (Lipinski definition) is 0. The number of hydrogen-bond acceptors (Lipinski definition) is 5. The summed E-state index contributed by atoms with van der Waals surface area (Å²) in [6.07, 6.45) is 1.89. The van der Waals surface area contributed by atoms with Gasteiger partial charge >= 0.3 is 0 Å². The Hall–Kier alpha value is -3.02. The molecule has 0 bridgehead atoms. The molecule has 166 valence electrons. The zero-order chi connectivity index (χ0) is 22.2. The number of rotatable bonds is 8. The molecule has 1 saturated heterocycles. The fourth-order valence-corrected chi connectivity index (χ4v) is 3.84. The van der Waals surface area contributed by atoms with Crippen LogP contribution in [0.4, 0.5) is 0 Å². The molecule has 0 radical (unpaired) electrons. The first-order valence-electron chi connectivity index (χ1n) is 10.8. The fraction of sp³-hybridized carbons (Fsp3) is 0.269. The molecule has 1 aliphatic heterocycles.